The molecular formula is C13H9Cl2F2N3O. The minimum absolute atomic E-state index is 0.160. The molecule has 0 spiro atoms. The van der Waals surface area contributed by atoms with Crippen LogP contribution in [0.3, 0.4) is 0 Å². The summed E-state index contributed by atoms with van der Waals surface area (Å²) in [6, 6.07) is 6.33. The fourth-order valence-corrected chi connectivity index (χ4v) is 2.14. The van der Waals surface area contributed by atoms with Crippen LogP contribution in [0.4, 0.5) is 20.2 Å². The van der Waals surface area contributed by atoms with Crippen LogP contribution in [-0.2, 0) is 0 Å². The van der Waals surface area contributed by atoms with Gasteiger partial charge in [0.2, 0.25) is 0 Å². The van der Waals surface area contributed by atoms with Crippen molar-refractivity contribution < 1.29 is 13.6 Å². The Kier molecular flexibility index (Phi) is 4.62. The molecule has 0 bridgehead atoms. The molecule has 2 aromatic carbocycles. The molecule has 21 heavy (non-hydrogen) atoms. The molecule has 2 rings (SSSR count). The molecule has 0 saturated heterocycles. The van der Waals surface area contributed by atoms with Crippen LogP contribution in [0.1, 0.15) is 10.4 Å². The number of carbonyl (C=O) groups is 1. The van der Waals surface area contributed by atoms with Gasteiger partial charge in [-0.25, -0.2) is 8.78 Å². The Bertz CT molecular complexity index is 667. The van der Waals surface area contributed by atoms with Gasteiger partial charge in [0, 0.05) is 5.56 Å². The van der Waals surface area contributed by atoms with Crippen molar-refractivity contribution in [2.45, 2.75) is 0 Å². The van der Waals surface area contributed by atoms with Gasteiger partial charge < -0.3 is 10.7 Å². The van der Waals surface area contributed by atoms with Crippen LogP contribution in [0.2, 0.25) is 10.0 Å². The van der Waals surface area contributed by atoms with Gasteiger partial charge in [0.05, 0.1) is 15.7 Å². The van der Waals surface area contributed by atoms with Crippen molar-refractivity contribution in [3.05, 3.63) is 57.6 Å². The van der Waals surface area contributed by atoms with Crippen molar-refractivity contribution in [2.24, 2.45) is 5.84 Å². The van der Waals surface area contributed by atoms with E-state index in [1.807, 2.05) is 5.43 Å². The Hall–Kier alpha value is -1.89. The smallest absolute Gasteiger partial charge is 0.255 e. The summed E-state index contributed by atoms with van der Waals surface area (Å²) in [5.41, 5.74) is 1.27. The standard InChI is InChI=1S/C13H9Cl2F2N3O/c14-7-2-1-3-8(15)11(7)19-13(21)6-4-9(16)12(20-18)10(17)5-6/h1-5,20H,18H2,(H,19,21). The molecular weight excluding hydrogens is 323 g/mol. The van der Waals surface area contributed by atoms with Crippen LogP contribution in [-0.4, -0.2) is 5.91 Å². The molecule has 0 aliphatic heterocycles. The first-order valence-corrected chi connectivity index (χ1v) is 6.40. The van der Waals surface area contributed by atoms with Crippen molar-refractivity contribution in [1.29, 1.82) is 0 Å². The molecule has 0 aromatic heterocycles. The van der Waals surface area contributed by atoms with E-state index in [2.05, 4.69) is 5.32 Å². The molecule has 0 atom stereocenters. The Labute approximate surface area is 128 Å². The van der Waals surface area contributed by atoms with Crippen molar-refractivity contribution in [3.8, 4) is 0 Å². The Morgan fingerprint density at radius 3 is 2.05 bits per heavy atom. The lowest BCUT2D eigenvalue weighted by Gasteiger charge is -2.10. The number of hydrazine groups is 1. The normalized spacial score (nSPS) is 10.3. The predicted octanol–water partition coefficient (Wildman–Crippen LogP) is 3.81. The van der Waals surface area contributed by atoms with E-state index in [-0.39, 0.29) is 21.3 Å². The van der Waals surface area contributed by atoms with E-state index < -0.39 is 23.2 Å². The average Bonchev–Trinajstić information content (AvgIpc) is 2.42. The van der Waals surface area contributed by atoms with Gasteiger partial charge in [0.25, 0.3) is 5.91 Å². The number of nitrogens with two attached hydrogens (primary N) is 1. The third-order valence-electron chi connectivity index (χ3n) is 2.65. The number of hydrogen-bond acceptors (Lipinski definition) is 3. The second-order valence-corrected chi connectivity index (χ2v) is 4.82. The number of nitrogens with one attached hydrogen (secondary N) is 2. The number of para-hydroxylation sites is 1. The van der Waals surface area contributed by atoms with Crippen LogP contribution in [0.15, 0.2) is 30.3 Å². The third kappa shape index (κ3) is 3.24. The largest absolute Gasteiger partial charge is 0.319 e. The SMILES string of the molecule is NNc1c(F)cc(C(=O)Nc2c(Cl)cccc2Cl)cc1F. The second kappa shape index (κ2) is 6.26. The lowest BCUT2D eigenvalue weighted by molar-refractivity contribution is 0.102. The summed E-state index contributed by atoms with van der Waals surface area (Å²) in [7, 11) is 0. The van der Waals surface area contributed by atoms with Gasteiger partial charge in [-0.2, -0.15) is 0 Å². The monoisotopic (exact) mass is 331 g/mol. The molecule has 0 fully saturated rings. The molecule has 110 valence electrons. The van der Waals surface area contributed by atoms with E-state index in [1.165, 1.54) is 12.1 Å². The highest BCUT2D eigenvalue weighted by molar-refractivity contribution is 6.40. The lowest BCUT2D eigenvalue weighted by atomic mass is 10.1. The first kappa shape index (κ1) is 15.5. The summed E-state index contributed by atoms with van der Waals surface area (Å²) in [4.78, 5) is 12.0. The predicted molar refractivity (Wildman–Crippen MR) is 78.6 cm³/mol. The van der Waals surface area contributed by atoms with Crippen LogP contribution < -0.4 is 16.6 Å². The molecule has 0 heterocycles. The first-order chi connectivity index (χ1) is 9.93. The van der Waals surface area contributed by atoms with Crippen molar-refractivity contribution in [1.82, 2.24) is 0 Å². The molecule has 0 unspecified atom stereocenters. The van der Waals surface area contributed by atoms with E-state index in [0.29, 0.717) is 0 Å². The zero-order chi connectivity index (χ0) is 15.6. The Balaban J connectivity index is 2.33. The molecule has 0 radical (unpaired) electrons. The first-order valence-electron chi connectivity index (χ1n) is 5.65. The number of anilines is 2. The highest BCUT2D eigenvalue weighted by atomic mass is 35.5. The molecule has 8 heteroatoms. The van der Waals surface area contributed by atoms with Crippen molar-refractivity contribution in [2.75, 3.05) is 10.7 Å². The summed E-state index contributed by atoms with van der Waals surface area (Å²) < 4.78 is 27.1. The quantitative estimate of drug-likeness (QED) is 0.591. The molecule has 2 aromatic rings. The second-order valence-electron chi connectivity index (χ2n) is 4.01. The summed E-state index contributed by atoms with van der Waals surface area (Å²) >= 11 is 11.8. The lowest BCUT2D eigenvalue weighted by Crippen LogP contribution is -2.16. The minimum Gasteiger partial charge on any atom is -0.319 e. The summed E-state index contributed by atoms with van der Waals surface area (Å²) in [5.74, 6) is 2.23. The average molecular weight is 332 g/mol. The van der Waals surface area contributed by atoms with Crippen LogP contribution >= 0.6 is 23.2 Å². The van der Waals surface area contributed by atoms with E-state index in [4.69, 9.17) is 29.0 Å². The van der Waals surface area contributed by atoms with Crippen molar-refractivity contribution >= 4 is 40.5 Å². The van der Waals surface area contributed by atoms with E-state index in [1.54, 1.807) is 6.07 Å². The summed E-state index contributed by atoms with van der Waals surface area (Å²) in [6.07, 6.45) is 0. The maximum absolute atomic E-state index is 13.6. The molecule has 1 amide bonds. The number of halogens is 4. The number of hydrogen-bond donors (Lipinski definition) is 3. The van der Waals surface area contributed by atoms with Crippen LogP contribution in [0, 0.1) is 11.6 Å². The summed E-state index contributed by atoms with van der Waals surface area (Å²) in [5, 5.41) is 2.81. The van der Waals surface area contributed by atoms with Crippen LogP contribution in [0.25, 0.3) is 0 Å². The topological polar surface area (TPSA) is 67.1 Å². The van der Waals surface area contributed by atoms with Gasteiger partial charge in [0.1, 0.15) is 5.69 Å². The fourth-order valence-electron chi connectivity index (χ4n) is 1.65. The minimum atomic E-state index is -0.993. The van der Waals surface area contributed by atoms with Gasteiger partial charge in [0.15, 0.2) is 11.6 Å². The molecule has 4 N–H and O–H groups in total. The molecule has 0 aliphatic carbocycles. The van der Waals surface area contributed by atoms with Gasteiger partial charge in [-0.3, -0.25) is 10.6 Å². The highest BCUT2D eigenvalue weighted by Gasteiger charge is 2.16. The van der Waals surface area contributed by atoms with Gasteiger partial charge in [-0.1, -0.05) is 29.3 Å². The van der Waals surface area contributed by atoms with E-state index in [9.17, 15) is 13.6 Å². The van der Waals surface area contributed by atoms with Gasteiger partial charge in [-0.15, -0.1) is 0 Å². The van der Waals surface area contributed by atoms with Gasteiger partial charge in [-0.05, 0) is 24.3 Å². The van der Waals surface area contributed by atoms with E-state index in [0.717, 1.165) is 12.1 Å². The zero-order valence-corrected chi connectivity index (χ0v) is 11.9. The fraction of sp³-hybridized carbons (Fsp3) is 0. The number of nitrogen functional groups attached to an aromatic ring is 1. The van der Waals surface area contributed by atoms with E-state index >= 15 is 0 Å². The number of benzene rings is 2. The molecule has 0 aliphatic rings. The number of amides is 1. The highest BCUT2D eigenvalue weighted by Crippen LogP contribution is 2.30. The maximum Gasteiger partial charge on any atom is 0.255 e. The van der Waals surface area contributed by atoms with Crippen molar-refractivity contribution in [3.63, 3.8) is 0 Å². The molecule has 4 nitrogen and oxygen atoms in total. The Morgan fingerprint density at radius 2 is 1.57 bits per heavy atom. The number of rotatable bonds is 3. The third-order valence-corrected chi connectivity index (χ3v) is 3.28. The van der Waals surface area contributed by atoms with Crippen LogP contribution in [0.5, 0.6) is 0 Å². The maximum atomic E-state index is 13.6. The Morgan fingerprint density at radius 1 is 1.05 bits per heavy atom. The summed E-state index contributed by atoms with van der Waals surface area (Å²) in [6.45, 7) is 0. The van der Waals surface area contributed by atoms with Gasteiger partial charge >= 0.3 is 0 Å². The number of carbonyl (C=O) groups excluding carboxylic acids is 1. The zero-order valence-electron chi connectivity index (χ0n) is 10.4. The molecule has 0 saturated carbocycles.